The second-order valence-electron chi connectivity index (χ2n) is 5.27. The number of esters is 1. The number of carbonyl (C=O) groups is 1. The Morgan fingerprint density at radius 2 is 2.28 bits per heavy atom. The van der Waals surface area contributed by atoms with Gasteiger partial charge in [-0.3, -0.25) is 4.98 Å². The van der Waals surface area contributed by atoms with Crippen LogP contribution in [0, 0.1) is 0 Å². The van der Waals surface area contributed by atoms with E-state index in [0.29, 0.717) is 19.6 Å². The van der Waals surface area contributed by atoms with Crippen LogP contribution in [0.3, 0.4) is 0 Å². The molecule has 1 N–H and O–H groups in total. The molecule has 1 aliphatic rings. The topological polar surface area (TPSA) is 88.6 Å². The molecule has 3 heterocycles. The van der Waals surface area contributed by atoms with Gasteiger partial charge < -0.3 is 10.1 Å². The summed E-state index contributed by atoms with van der Waals surface area (Å²) in [6.07, 6.45) is 3.33. The van der Waals surface area contributed by atoms with Crippen molar-refractivity contribution in [2.75, 3.05) is 26.7 Å². The van der Waals surface area contributed by atoms with Crippen LogP contribution in [0.5, 0.6) is 0 Å². The summed E-state index contributed by atoms with van der Waals surface area (Å²) in [6, 6.07) is 4.69. The maximum absolute atomic E-state index is 13.0. The number of ether oxygens (including phenoxy) is 1. The van der Waals surface area contributed by atoms with E-state index in [0.717, 1.165) is 16.9 Å². The molecule has 0 spiro atoms. The molecule has 0 aliphatic carbocycles. The molecule has 1 atom stereocenters. The van der Waals surface area contributed by atoms with E-state index in [1.807, 2.05) is 6.07 Å². The highest BCUT2D eigenvalue weighted by molar-refractivity contribution is 7.91. The summed E-state index contributed by atoms with van der Waals surface area (Å²) in [4.78, 5) is 15.7. The standard InChI is InChI=1S/C15H17N3O4S2.ClH/c1-22-15(19)12-7-14(23-10-12)24(20,21)18-6-5-17-9-13(18)11-3-2-4-16-8-11;/h2-4,7-8,10,13,17H,5-6,9H2,1H3;1H. The maximum atomic E-state index is 13.0. The Bertz CT molecular complexity index is 826. The van der Waals surface area contributed by atoms with Crippen LogP contribution in [0.1, 0.15) is 22.0 Å². The summed E-state index contributed by atoms with van der Waals surface area (Å²) in [7, 11) is -2.44. The van der Waals surface area contributed by atoms with Crippen molar-refractivity contribution in [3.05, 3.63) is 47.1 Å². The van der Waals surface area contributed by atoms with E-state index < -0.39 is 16.0 Å². The molecule has 0 amide bonds. The van der Waals surface area contributed by atoms with Crippen LogP contribution < -0.4 is 5.32 Å². The van der Waals surface area contributed by atoms with Gasteiger partial charge in [0, 0.05) is 37.4 Å². The zero-order chi connectivity index (χ0) is 17.2. The van der Waals surface area contributed by atoms with Gasteiger partial charge in [-0.05, 0) is 17.7 Å². The van der Waals surface area contributed by atoms with Crippen LogP contribution in [0.2, 0.25) is 0 Å². The lowest BCUT2D eigenvalue weighted by atomic mass is 10.1. The molecule has 0 radical (unpaired) electrons. The molecule has 0 saturated carbocycles. The first-order valence-corrected chi connectivity index (χ1v) is 9.65. The Balaban J connectivity index is 0.00000225. The molecule has 1 unspecified atom stereocenters. The number of nitrogens with one attached hydrogen (secondary N) is 1. The minimum absolute atomic E-state index is 0. The predicted octanol–water partition coefficient (Wildman–Crippen LogP) is 1.69. The monoisotopic (exact) mass is 403 g/mol. The molecule has 1 saturated heterocycles. The van der Waals surface area contributed by atoms with Gasteiger partial charge >= 0.3 is 5.97 Å². The molecule has 10 heteroatoms. The second-order valence-corrected chi connectivity index (χ2v) is 8.30. The van der Waals surface area contributed by atoms with Gasteiger partial charge in [0.15, 0.2) is 0 Å². The number of aromatic nitrogens is 1. The van der Waals surface area contributed by atoms with Gasteiger partial charge in [0.1, 0.15) is 4.21 Å². The highest BCUT2D eigenvalue weighted by Crippen LogP contribution is 2.31. The largest absolute Gasteiger partial charge is 0.465 e. The number of rotatable bonds is 4. The van der Waals surface area contributed by atoms with Gasteiger partial charge in [0.05, 0.1) is 18.7 Å². The average Bonchev–Trinajstić information content (AvgIpc) is 3.13. The first-order chi connectivity index (χ1) is 11.5. The van der Waals surface area contributed by atoms with E-state index in [9.17, 15) is 13.2 Å². The van der Waals surface area contributed by atoms with Crippen molar-refractivity contribution in [3.63, 3.8) is 0 Å². The minimum atomic E-state index is -3.70. The minimum Gasteiger partial charge on any atom is -0.465 e. The summed E-state index contributed by atoms with van der Waals surface area (Å²) in [5, 5.41) is 4.71. The number of halogens is 1. The molecule has 0 aromatic carbocycles. The van der Waals surface area contributed by atoms with Crippen molar-refractivity contribution in [1.29, 1.82) is 0 Å². The molecule has 2 aromatic rings. The van der Waals surface area contributed by atoms with Crippen LogP contribution >= 0.6 is 23.7 Å². The molecule has 25 heavy (non-hydrogen) atoms. The molecule has 3 rings (SSSR count). The molecule has 136 valence electrons. The third-order valence-corrected chi connectivity index (χ3v) is 7.15. The highest BCUT2D eigenvalue weighted by atomic mass is 35.5. The van der Waals surface area contributed by atoms with Crippen LogP contribution in [-0.4, -0.2) is 50.4 Å². The number of hydrogen-bond donors (Lipinski definition) is 1. The predicted molar refractivity (Wildman–Crippen MR) is 96.6 cm³/mol. The Morgan fingerprint density at radius 1 is 1.48 bits per heavy atom. The van der Waals surface area contributed by atoms with Crippen LogP contribution in [0.15, 0.2) is 40.2 Å². The lowest BCUT2D eigenvalue weighted by Gasteiger charge is -2.34. The van der Waals surface area contributed by atoms with E-state index in [-0.39, 0.29) is 28.2 Å². The van der Waals surface area contributed by atoms with Gasteiger partial charge in [-0.2, -0.15) is 4.31 Å². The number of pyridine rings is 1. The molecular formula is C15H18ClN3O4S2. The summed E-state index contributed by atoms with van der Waals surface area (Å²) < 4.78 is 32.3. The Kier molecular flexibility index (Phi) is 6.53. The van der Waals surface area contributed by atoms with Crippen molar-refractivity contribution >= 4 is 39.7 Å². The highest BCUT2D eigenvalue weighted by Gasteiger charge is 2.35. The lowest BCUT2D eigenvalue weighted by Crippen LogP contribution is -2.48. The first kappa shape index (κ1) is 19.8. The molecule has 1 fully saturated rings. The summed E-state index contributed by atoms with van der Waals surface area (Å²) in [5.74, 6) is -0.545. The first-order valence-electron chi connectivity index (χ1n) is 7.33. The number of carbonyl (C=O) groups excluding carboxylic acids is 1. The zero-order valence-electron chi connectivity index (χ0n) is 13.4. The zero-order valence-corrected chi connectivity index (χ0v) is 15.9. The van der Waals surface area contributed by atoms with E-state index in [1.165, 1.54) is 22.9 Å². The third-order valence-electron chi connectivity index (χ3n) is 3.82. The average molecular weight is 404 g/mol. The van der Waals surface area contributed by atoms with Crippen molar-refractivity contribution in [3.8, 4) is 0 Å². The number of nitrogens with zero attached hydrogens (tertiary/aromatic N) is 2. The fourth-order valence-corrected chi connectivity index (χ4v) is 5.51. The fourth-order valence-electron chi connectivity index (χ4n) is 2.62. The van der Waals surface area contributed by atoms with Gasteiger partial charge in [0.25, 0.3) is 10.0 Å². The van der Waals surface area contributed by atoms with E-state index in [1.54, 1.807) is 18.5 Å². The number of hydrogen-bond acceptors (Lipinski definition) is 7. The van der Waals surface area contributed by atoms with Gasteiger partial charge in [-0.15, -0.1) is 23.7 Å². The van der Waals surface area contributed by atoms with Crippen LogP contribution in [-0.2, 0) is 14.8 Å². The second kappa shape index (κ2) is 8.24. The van der Waals surface area contributed by atoms with Crippen molar-refractivity contribution < 1.29 is 17.9 Å². The Labute approximate surface area is 156 Å². The SMILES string of the molecule is COC(=O)c1csc(S(=O)(=O)N2CCNCC2c2cccnc2)c1.Cl. The van der Waals surface area contributed by atoms with Crippen molar-refractivity contribution in [2.45, 2.75) is 10.3 Å². The van der Waals surface area contributed by atoms with Crippen LogP contribution in [0.25, 0.3) is 0 Å². The molecule has 7 nitrogen and oxygen atoms in total. The number of methoxy groups -OCH3 is 1. The van der Waals surface area contributed by atoms with Crippen molar-refractivity contribution in [1.82, 2.24) is 14.6 Å². The smallest absolute Gasteiger partial charge is 0.338 e. The van der Waals surface area contributed by atoms with Gasteiger partial charge in [0.2, 0.25) is 0 Å². The molecule has 0 bridgehead atoms. The molecule has 2 aromatic heterocycles. The molecular weight excluding hydrogens is 386 g/mol. The van der Waals surface area contributed by atoms with Crippen LogP contribution in [0.4, 0.5) is 0 Å². The quantitative estimate of drug-likeness (QED) is 0.781. The van der Waals surface area contributed by atoms with E-state index in [4.69, 9.17) is 0 Å². The molecule has 1 aliphatic heterocycles. The maximum Gasteiger partial charge on any atom is 0.338 e. The summed E-state index contributed by atoms with van der Waals surface area (Å²) in [6.45, 7) is 1.44. The van der Waals surface area contributed by atoms with E-state index in [2.05, 4.69) is 15.0 Å². The summed E-state index contributed by atoms with van der Waals surface area (Å²) >= 11 is 1.02. The van der Waals surface area contributed by atoms with Gasteiger partial charge in [-0.25, -0.2) is 13.2 Å². The number of sulfonamides is 1. The van der Waals surface area contributed by atoms with E-state index >= 15 is 0 Å². The lowest BCUT2D eigenvalue weighted by molar-refractivity contribution is 0.0601. The fraction of sp³-hybridized carbons (Fsp3) is 0.333. The number of thiophene rings is 1. The number of piperazine rings is 1. The van der Waals surface area contributed by atoms with Gasteiger partial charge in [-0.1, -0.05) is 6.07 Å². The van der Waals surface area contributed by atoms with Crippen molar-refractivity contribution in [2.24, 2.45) is 0 Å². The normalized spacial score (nSPS) is 18.4. The Morgan fingerprint density at radius 3 is 2.96 bits per heavy atom. The summed E-state index contributed by atoms with van der Waals surface area (Å²) in [5.41, 5.74) is 1.08. The third kappa shape index (κ3) is 4.01. The Hall–Kier alpha value is -1.52.